The van der Waals surface area contributed by atoms with E-state index in [1.54, 1.807) is 24.2 Å². The van der Waals surface area contributed by atoms with Gasteiger partial charge in [0.15, 0.2) is 0 Å². The van der Waals surface area contributed by atoms with Gasteiger partial charge in [0.05, 0.1) is 19.1 Å². The van der Waals surface area contributed by atoms with E-state index >= 15 is 0 Å². The summed E-state index contributed by atoms with van der Waals surface area (Å²) in [6.07, 6.45) is 1.70. The summed E-state index contributed by atoms with van der Waals surface area (Å²) in [6, 6.07) is 9.73. The topological polar surface area (TPSA) is 74.3 Å². The average molecular weight is 368 g/mol. The number of anilines is 1. The third-order valence-corrected chi connectivity index (χ3v) is 4.41. The Morgan fingerprint density at radius 3 is 2.37 bits per heavy atom. The Labute approximate surface area is 161 Å². The van der Waals surface area contributed by atoms with Crippen molar-refractivity contribution in [3.63, 3.8) is 0 Å². The Bertz CT molecular complexity index is 802. The number of carbonyl (C=O) groups excluding carboxylic acids is 2. The Kier molecular flexibility index (Phi) is 7.07. The third kappa shape index (κ3) is 6.49. The van der Waals surface area contributed by atoms with Crippen LogP contribution in [0.15, 0.2) is 36.5 Å². The fraction of sp³-hybridized carbons (Fsp3) is 0.381. The molecule has 2 aromatic rings. The number of amides is 2. The molecule has 6 nitrogen and oxygen atoms in total. The lowest BCUT2D eigenvalue weighted by atomic mass is 10.0. The minimum absolute atomic E-state index is 0.0872. The Morgan fingerprint density at radius 2 is 1.74 bits per heavy atom. The molecule has 0 spiro atoms. The molecule has 0 aliphatic heterocycles. The Balaban J connectivity index is 1.81. The monoisotopic (exact) mass is 368 g/mol. The van der Waals surface area contributed by atoms with E-state index in [1.807, 2.05) is 26.0 Å². The van der Waals surface area contributed by atoms with Crippen LogP contribution in [-0.4, -0.2) is 41.8 Å². The summed E-state index contributed by atoms with van der Waals surface area (Å²) in [7, 11) is 1.74. The second-order valence-corrected chi connectivity index (χ2v) is 7.07. The molecule has 1 atom stereocenters. The van der Waals surface area contributed by atoms with Gasteiger partial charge in [0.2, 0.25) is 11.8 Å². The van der Waals surface area contributed by atoms with E-state index in [2.05, 4.69) is 41.6 Å². The summed E-state index contributed by atoms with van der Waals surface area (Å²) in [5.41, 5.74) is 4.52. The molecule has 2 amide bonds. The maximum Gasteiger partial charge on any atom is 0.239 e. The fourth-order valence-corrected chi connectivity index (χ4v) is 2.67. The second-order valence-electron chi connectivity index (χ2n) is 7.07. The molecule has 0 saturated carbocycles. The van der Waals surface area contributed by atoms with Gasteiger partial charge in [-0.3, -0.25) is 14.5 Å². The highest BCUT2D eigenvalue weighted by Crippen LogP contribution is 2.16. The van der Waals surface area contributed by atoms with Crippen molar-refractivity contribution >= 4 is 17.6 Å². The number of likely N-dealkylation sites (N-methyl/N-ethyl adjacent to an activating group) is 1. The normalized spacial score (nSPS) is 11.9. The largest absolute Gasteiger partial charge is 0.348 e. The minimum Gasteiger partial charge on any atom is -0.348 e. The summed E-state index contributed by atoms with van der Waals surface area (Å²) < 4.78 is 0. The zero-order valence-corrected chi connectivity index (χ0v) is 16.7. The SMILES string of the molecule is Cc1ccc(NC(=O)CN(C)CC(=O)NC(C)c2ccc(C)c(C)c2)nc1. The molecule has 144 valence electrons. The molecule has 6 heteroatoms. The van der Waals surface area contributed by atoms with E-state index in [0.29, 0.717) is 5.82 Å². The number of aromatic nitrogens is 1. The first-order valence-electron chi connectivity index (χ1n) is 9.02. The van der Waals surface area contributed by atoms with E-state index in [1.165, 1.54) is 11.1 Å². The number of nitrogens with zero attached hydrogens (tertiary/aromatic N) is 2. The standard InChI is InChI=1S/C21H28N4O2/c1-14-6-9-19(22-11-14)24-21(27)13-25(5)12-20(26)23-17(4)18-8-7-15(2)16(3)10-18/h6-11,17H,12-13H2,1-5H3,(H,23,26)(H,22,24,27). The maximum absolute atomic E-state index is 12.3. The lowest BCUT2D eigenvalue weighted by molar-refractivity contribution is -0.123. The fourth-order valence-electron chi connectivity index (χ4n) is 2.67. The number of benzene rings is 1. The van der Waals surface area contributed by atoms with Gasteiger partial charge in [-0.15, -0.1) is 0 Å². The molecule has 0 bridgehead atoms. The van der Waals surface area contributed by atoms with Gasteiger partial charge in [0, 0.05) is 6.20 Å². The van der Waals surface area contributed by atoms with Crippen molar-refractivity contribution in [2.24, 2.45) is 0 Å². The number of aryl methyl sites for hydroxylation is 3. The van der Waals surface area contributed by atoms with Crippen molar-refractivity contribution in [2.45, 2.75) is 33.7 Å². The molecule has 27 heavy (non-hydrogen) atoms. The van der Waals surface area contributed by atoms with Gasteiger partial charge in [-0.1, -0.05) is 24.3 Å². The van der Waals surface area contributed by atoms with E-state index in [4.69, 9.17) is 0 Å². The van der Waals surface area contributed by atoms with Crippen LogP contribution in [0, 0.1) is 20.8 Å². The van der Waals surface area contributed by atoms with Crippen LogP contribution in [0.25, 0.3) is 0 Å². The van der Waals surface area contributed by atoms with Crippen molar-refractivity contribution in [1.29, 1.82) is 0 Å². The van der Waals surface area contributed by atoms with Gasteiger partial charge in [0.25, 0.3) is 0 Å². The van der Waals surface area contributed by atoms with Gasteiger partial charge < -0.3 is 10.6 Å². The van der Waals surface area contributed by atoms with Gasteiger partial charge in [-0.2, -0.15) is 0 Å². The predicted octanol–water partition coefficient (Wildman–Crippen LogP) is 2.75. The van der Waals surface area contributed by atoms with Crippen LogP contribution < -0.4 is 10.6 Å². The van der Waals surface area contributed by atoms with Crippen LogP contribution >= 0.6 is 0 Å². The lowest BCUT2D eigenvalue weighted by Gasteiger charge is -2.19. The number of carbonyl (C=O) groups is 2. The highest BCUT2D eigenvalue weighted by Gasteiger charge is 2.14. The number of hydrogen-bond donors (Lipinski definition) is 2. The molecule has 0 fully saturated rings. The quantitative estimate of drug-likeness (QED) is 0.788. The van der Waals surface area contributed by atoms with Crippen molar-refractivity contribution < 1.29 is 9.59 Å². The molecule has 2 rings (SSSR count). The smallest absolute Gasteiger partial charge is 0.239 e. The number of rotatable bonds is 7. The minimum atomic E-state index is -0.205. The molecular formula is C21H28N4O2. The van der Waals surface area contributed by atoms with E-state index in [-0.39, 0.29) is 30.9 Å². The maximum atomic E-state index is 12.3. The van der Waals surface area contributed by atoms with Crippen molar-refractivity contribution in [3.8, 4) is 0 Å². The second kappa shape index (κ2) is 9.28. The molecular weight excluding hydrogens is 340 g/mol. The molecule has 1 heterocycles. The molecule has 1 unspecified atom stereocenters. The molecule has 0 aliphatic carbocycles. The summed E-state index contributed by atoms with van der Waals surface area (Å²) in [4.78, 5) is 30.2. The van der Waals surface area contributed by atoms with Crippen LogP contribution in [0.1, 0.15) is 35.2 Å². The van der Waals surface area contributed by atoms with E-state index in [9.17, 15) is 9.59 Å². The number of hydrogen-bond acceptors (Lipinski definition) is 4. The summed E-state index contributed by atoms with van der Waals surface area (Å²) in [5, 5.41) is 5.71. The van der Waals surface area contributed by atoms with Gasteiger partial charge in [0.1, 0.15) is 5.82 Å². The lowest BCUT2D eigenvalue weighted by Crippen LogP contribution is -2.39. The van der Waals surface area contributed by atoms with Crippen LogP contribution in [0.5, 0.6) is 0 Å². The molecule has 1 aromatic carbocycles. The van der Waals surface area contributed by atoms with Crippen molar-refractivity contribution in [3.05, 3.63) is 58.8 Å². The molecule has 1 aromatic heterocycles. The first-order valence-corrected chi connectivity index (χ1v) is 9.02. The Hall–Kier alpha value is -2.73. The highest BCUT2D eigenvalue weighted by atomic mass is 16.2. The van der Waals surface area contributed by atoms with Crippen LogP contribution in [-0.2, 0) is 9.59 Å². The third-order valence-electron chi connectivity index (χ3n) is 4.41. The van der Waals surface area contributed by atoms with E-state index in [0.717, 1.165) is 11.1 Å². The molecule has 0 radical (unpaired) electrons. The highest BCUT2D eigenvalue weighted by molar-refractivity contribution is 5.91. The summed E-state index contributed by atoms with van der Waals surface area (Å²) in [6.45, 7) is 8.27. The first-order chi connectivity index (χ1) is 12.7. The van der Waals surface area contributed by atoms with Crippen LogP contribution in [0.3, 0.4) is 0 Å². The summed E-state index contributed by atoms with van der Waals surface area (Å²) >= 11 is 0. The van der Waals surface area contributed by atoms with Crippen molar-refractivity contribution in [2.75, 3.05) is 25.5 Å². The average Bonchev–Trinajstić information content (AvgIpc) is 2.58. The first kappa shape index (κ1) is 20.6. The van der Waals surface area contributed by atoms with Crippen molar-refractivity contribution in [1.82, 2.24) is 15.2 Å². The molecule has 2 N–H and O–H groups in total. The molecule has 0 aliphatic rings. The van der Waals surface area contributed by atoms with Crippen LogP contribution in [0.2, 0.25) is 0 Å². The Morgan fingerprint density at radius 1 is 1.04 bits per heavy atom. The summed E-state index contributed by atoms with van der Waals surface area (Å²) in [5.74, 6) is 0.181. The van der Waals surface area contributed by atoms with Gasteiger partial charge >= 0.3 is 0 Å². The van der Waals surface area contributed by atoms with Gasteiger partial charge in [-0.25, -0.2) is 4.98 Å². The number of pyridine rings is 1. The number of nitrogens with one attached hydrogen (secondary N) is 2. The van der Waals surface area contributed by atoms with E-state index < -0.39 is 0 Å². The predicted molar refractivity (Wildman–Crippen MR) is 108 cm³/mol. The van der Waals surface area contributed by atoms with Gasteiger partial charge in [-0.05, 0) is 63.1 Å². The zero-order chi connectivity index (χ0) is 20.0. The van der Waals surface area contributed by atoms with Crippen LogP contribution in [0.4, 0.5) is 5.82 Å². The zero-order valence-electron chi connectivity index (χ0n) is 16.7. The molecule has 0 saturated heterocycles.